The normalized spacial score (nSPS) is 19.7. The average Bonchev–Trinajstić information content (AvgIpc) is 2.82. The number of piperazine rings is 1. The maximum atomic E-state index is 12.5. The first kappa shape index (κ1) is 32.4. The monoisotopic (exact) mass is 496 g/mol. The molecule has 0 radical (unpaired) electrons. The number of nitrogens with one attached hydrogen (secondary N) is 1. The zero-order valence-electron chi connectivity index (χ0n) is 25.2. The standard InChI is InChI=1S/C31H64N3O/c1-8-10-11-15-29(4)16-12-17-30(21-20-28(3)9-2)18-13-19-31(35)32-22-14-23-34(7)26-24-33(5,6)25-27-34/h28-30H,8-27H2,1-7H3/q+1/p+1. The Kier molecular flexibility index (Phi) is 16.5. The molecule has 1 saturated heterocycles. The molecule has 1 fully saturated rings. The van der Waals surface area contributed by atoms with Crippen molar-refractivity contribution in [3.8, 4) is 0 Å². The van der Waals surface area contributed by atoms with E-state index in [2.05, 4.69) is 54.2 Å². The van der Waals surface area contributed by atoms with Crippen LogP contribution in [0.15, 0.2) is 0 Å². The Labute approximate surface area is 220 Å². The van der Waals surface area contributed by atoms with E-state index >= 15 is 0 Å². The van der Waals surface area contributed by atoms with E-state index in [4.69, 9.17) is 0 Å². The van der Waals surface area contributed by atoms with Gasteiger partial charge >= 0.3 is 0 Å². The molecule has 208 valence electrons. The van der Waals surface area contributed by atoms with Crippen molar-refractivity contribution >= 4 is 5.91 Å². The first-order valence-corrected chi connectivity index (χ1v) is 15.5. The van der Waals surface area contributed by atoms with Gasteiger partial charge in [0, 0.05) is 19.4 Å². The van der Waals surface area contributed by atoms with Crippen molar-refractivity contribution in [2.75, 3.05) is 60.4 Å². The van der Waals surface area contributed by atoms with Crippen LogP contribution in [0.25, 0.3) is 0 Å². The quantitative estimate of drug-likeness (QED) is 0.143. The summed E-state index contributed by atoms with van der Waals surface area (Å²) in [5, 5.41) is 3.22. The van der Waals surface area contributed by atoms with E-state index in [9.17, 15) is 4.79 Å². The average molecular weight is 496 g/mol. The number of unbranched alkanes of at least 4 members (excludes halogenated alkanes) is 2. The minimum absolute atomic E-state index is 0.273. The maximum absolute atomic E-state index is 12.5. The first-order valence-electron chi connectivity index (χ1n) is 15.5. The number of carbonyl (C=O) groups excluding carboxylic acids is 1. The van der Waals surface area contributed by atoms with E-state index < -0.39 is 0 Å². The van der Waals surface area contributed by atoms with Crippen LogP contribution < -0.4 is 5.32 Å². The number of hydrogen-bond donors (Lipinski definition) is 1. The summed E-state index contributed by atoms with van der Waals surface area (Å²) in [7, 11) is 7.08. The zero-order valence-corrected chi connectivity index (χ0v) is 25.2. The number of likely N-dealkylation sites (N-methyl/N-ethyl adjacent to an activating group) is 2. The highest BCUT2D eigenvalue weighted by Crippen LogP contribution is 2.26. The molecule has 35 heavy (non-hydrogen) atoms. The van der Waals surface area contributed by atoms with Gasteiger partial charge < -0.3 is 14.3 Å². The topological polar surface area (TPSA) is 29.1 Å². The molecule has 1 rings (SSSR count). The van der Waals surface area contributed by atoms with Crippen molar-refractivity contribution in [1.82, 2.24) is 5.32 Å². The fourth-order valence-corrected chi connectivity index (χ4v) is 5.60. The molecule has 4 heteroatoms. The third-order valence-corrected chi connectivity index (χ3v) is 9.08. The summed E-state index contributed by atoms with van der Waals surface area (Å²) in [5.41, 5.74) is 0. The Bertz CT molecular complexity index is 537. The van der Waals surface area contributed by atoms with Gasteiger partial charge in [0.15, 0.2) is 0 Å². The Hall–Kier alpha value is -0.610. The predicted molar refractivity (Wildman–Crippen MR) is 153 cm³/mol. The highest BCUT2D eigenvalue weighted by atomic mass is 16.1. The van der Waals surface area contributed by atoms with Gasteiger partial charge in [-0.25, -0.2) is 0 Å². The molecule has 1 aliphatic heterocycles. The summed E-state index contributed by atoms with van der Waals surface area (Å²) < 4.78 is 2.33. The van der Waals surface area contributed by atoms with Gasteiger partial charge in [-0.2, -0.15) is 0 Å². The van der Waals surface area contributed by atoms with Gasteiger partial charge in [0.1, 0.15) is 26.2 Å². The van der Waals surface area contributed by atoms with E-state index in [-0.39, 0.29) is 5.91 Å². The summed E-state index contributed by atoms with van der Waals surface area (Å²) in [6.45, 7) is 16.5. The number of amides is 1. The van der Waals surface area contributed by atoms with Gasteiger partial charge in [-0.15, -0.1) is 0 Å². The third-order valence-electron chi connectivity index (χ3n) is 9.08. The third kappa shape index (κ3) is 16.0. The molecule has 0 spiro atoms. The Balaban J connectivity index is 2.25. The lowest BCUT2D eigenvalue weighted by molar-refractivity contribution is -1.01. The number of rotatable bonds is 20. The fraction of sp³-hybridized carbons (Fsp3) is 0.968. The summed E-state index contributed by atoms with van der Waals surface area (Å²) in [5.74, 6) is 2.80. The molecule has 1 N–H and O–H groups in total. The largest absolute Gasteiger partial charge is 0.356 e. The Morgan fingerprint density at radius 1 is 0.743 bits per heavy atom. The van der Waals surface area contributed by atoms with Crippen LogP contribution in [-0.4, -0.2) is 75.3 Å². The lowest BCUT2D eigenvalue weighted by Crippen LogP contribution is -2.62. The Morgan fingerprint density at radius 3 is 2.06 bits per heavy atom. The highest BCUT2D eigenvalue weighted by molar-refractivity contribution is 5.75. The van der Waals surface area contributed by atoms with Crippen LogP contribution in [0.4, 0.5) is 0 Å². The molecule has 3 unspecified atom stereocenters. The minimum Gasteiger partial charge on any atom is -0.356 e. The second kappa shape index (κ2) is 17.8. The van der Waals surface area contributed by atoms with Crippen LogP contribution >= 0.6 is 0 Å². The van der Waals surface area contributed by atoms with Crippen LogP contribution in [0.2, 0.25) is 0 Å². The van der Waals surface area contributed by atoms with E-state index in [1.54, 1.807) is 0 Å². The van der Waals surface area contributed by atoms with Crippen molar-refractivity contribution in [2.24, 2.45) is 17.8 Å². The van der Waals surface area contributed by atoms with Crippen LogP contribution in [0.1, 0.15) is 118 Å². The number of nitrogens with zero attached hydrogens (tertiary/aromatic N) is 2. The molecule has 1 amide bonds. The lowest BCUT2D eigenvalue weighted by Gasteiger charge is -2.44. The second-order valence-electron chi connectivity index (χ2n) is 13.3. The highest BCUT2D eigenvalue weighted by Gasteiger charge is 2.33. The molecule has 0 aromatic heterocycles. The summed E-state index contributed by atoms with van der Waals surface area (Å²) >= 11 is 0. The molecule has 0 saturated carbocycles. The van der Waals surface area contributed by atoms with E-state index in [0.29, 0.717) is 6.42 Å². The van der Waals surface area contributed by atoms with Gasteiger partial charge in [-0.3, -0.25) is 4.79 Å². The first-order chi connectivity index (χ1) is 16.6. The van der Waals surface area contributed by atoms with Crippen molar-refractivity contribution < 1.29 is 13.8 Å². The number of quaternary nitrogens is 2. The summed E-state index contributed by atoms with van der Waals surface area (Å²) in [6.07, 6.45) is 17.8. The molecule has 0 aliphatic carbocycles. The summed E-state index contributed by atoms with van der Waals surface area (Å²) in [4.78, 5) is 12.5. The maximum Gasteiger partial charge on any atom is 0.219 e. The van der Waals surface area contributed by atoms with Crippen molar-refractivity contribution in [3.05, 3.63) is 0 Å². The lowest BCUT2D eigenvalue weighted by atomic mass is 9.86. The van der Waals surface area contributed by atoms with E-state index in [1.165, 1.54) is 108 Å². The van der Waals surface area contributed by atoms with Gasteiger partial charge in [0.25, 0.3) is 0 Å². The molecule has 1 aliphatic rings. The molecule has 1 heterocycles. The predicted octanol–water partition coefficient (Wildman–Crippen LogP) is 7.03. The summed E-state index contributed by atoms with van der Waals surface area (Å²) in [6, 6.07) is 0. The zero-order chi connectivity index (χ0) is 26.2. The molecule has 0 aromatic carbocycles. The SMILES string of the molecule is CCCCCC(C)CCCC(CCCC(=O)NCCC[N+]1(C)CC[N+](C)(C)CC1)CCC(C)CC. The van der Waals surface area contributed by atoms with Crippen LogP contribution in [0, 0.1) is 17.8 Å². The smallest absolute Gasteiger partial charge is 0.219 e. The minimum atomic E-state index is 0.273. The van der Waals surface area contributed by atoms with Gasteiger partial charge in [0.05, 0.1) is 27.7 Å². The van der Waals surface area contributed by atoms with Crippen molar-refractivity contribution in [3.63, 3.8) is 0 Å². The van der Waals surface area contributed by atoms with E-state index in [0.717, 1.165) is 41.6 Å². The van der Waals surface area contributed by atoms with Crippen LogP contribution in [0.5, 0.6) is 0 Å². The second-order valence-corrected chi connectivity index (χ2v) is 13.3. The molecule has 3 atom stereocenters. The van der Waals surface area contributed by atoms with Gasteiger partial charge in [-0.05, 0) is 30.6 Å². The van der Waals surface area contributed by atoms with E-state index in [1.807, 2.05) is 0 Å². The molecule has 4 nitrogen and oxygen atoms in total. The van der Waals surface area contributed by atoms with Crippen molar-refractivity contribution in [2.45, 2.75) is 118 Å². The number of carbonyl (C=O) groups is 1. The number of hydrogen-bond acceptors (Lipinski definition) is 1. The molecule has 0 aromatic rings. The molecule has 0 bridgehead atoms. The molecular formula is C31H65N3O+2. The van der Waals surface area contributed by atoms with Gasteiger partial charge in [-0.1, -0.05) is 91.9 Å². The van der Waals surface area contributed by atoms with Crippen LogP contribution in [0.3, 0.4) is 0 Å². The van der Waals surface area contributed by atoms with Gasteiger partial charge in [0.2, 0.25) is 5.91 Å². The van der Waals surface area contributed by atoms with Crippen molar-refractivity contribution in [1.29, 1.82) is 0 Å². The van der Waals surface area contributed by atoms with Crippen LogP contribution in [-0.2, 0) is 4.79 Å². The Morgan fingerprint density at radius 2 is 1.40 bits per heavy atom. The fourth-order valence-electron chi connectivity index (χ4n) is 5.60. The molecular weight excluding hydrogens is 430 g/mol.